The van der Waals surface area contributed by atoms with Gasteiger partial charge in [-0.2, -0.15) is 5.26 Å². The maximum absolute atomic E-state index is 11.6. The molecule has 0 saturated carbocycles. The molecule has 1 amide bonds. The first kappa shape index (κ1) is 16.0. The van der Waals surface area contributed by atoms with Gasteiger partial charge in [0.05, 0.1) is 16.5 Å². The van der Waals surface area contributed by atoms with Crippen molar-refractivity contribution < 1.29 is 17.9 Å². The van der Waals surface area contributed by atoms with Crippen molar-refractivity contribution >= 4 is 21.6 Å². The Balaban J connectivity index is 3.08. The average Bonchev–Trinajstić information content (AvgIpc) is 2.24. The molecule has 0 fully saturated rings. The Hall–Kier alpha value is -2.07. The van der Waals surface area contributed by atoms with Crippen molar-refractivity contribution in [2.45, 2.75) is 31.3 Å². The molecule has 0 aliphatic carbocycles. The van der Waals surface area contributed by atoms with Crippen molar-refractivity contribution in [2.75, 3.05) is 11.6 Å². The number of rotatable bonds is 2. The van der Waals surface area contributed by atoms with Crippen LogP contribution in [0.15, 0.2) is 23.1 Å². The van der Waals surface area contributed by atoms with Gasteiger partial charge in [0.1, 0.15) is 5.60 Å². The molecule has 0 spiro atoms. The lowest BCUT2D eigenvalue weighted by Gasteiger charge is -2.19. The third kappa shape index (κ3) is 4.90. The molecular weight excluding hydrogens is 280 g/mol. The number of carbonyl (C=O) groups is 1. The number of nitrogens with zero attached hydrogens (tertiary/aromatic N) is 1. The predicted octanol–water partition coefficient (Wildman–Crippen LogP) is 2.31. The number of hydrogen-bond donors (Lipinski definition) is 1. The van der Waals surface area contributed by atoms with Gasteiger partial charge in [0, 0.05) is 11.9 Å². The van der Waals surface area contributed by atoms with Crippen LogP contribution in [0.3, 0.4) is 0 Å². The first-order valence-corrected chi connectivity index (χ1v) is 7.66. The van der Waals surface area contributed by atoms with Gasteiger partial charge in [-0.05, 0) is 39.0 Å². The summed E-state index contributed by atoms with van der Waals surface area (Å²) >= 11 is 0. The standard InChI is InChI=1S/C13H16N2O4S/c1-13(2,3)19-12(16)15-10-5-9(8-14)6-11(7-10)20(4,17)18/h5-7H,1-4H3,(H,15,16). The smallest absolute Gasteiger partial charge is 0.412 e. The number of hydrogen-bond acceptors (Lipinski definition) is 5. The van der Waals surface area contributed by atoms with E-state index < -0.39 is 21.5 Å². The van der Waals surface area contributed by atoms with E-state index in [0.29, 0.717) is 0 Å². The second-order valence-electron chi connectivity index (χ2n) is 5.26. The van der Waals surface area contributed by atoms with Crippen molar-refractivity contribution in [1.82, 2.24) is 0 Å². The first-order valence-electron chi connectivity index (χ1n) is 5.76. The summed E-state index contributed by atoms with van der Waals surface area (Å²) in [6, 6.07) is 5.74. The molecule has 0 aromatic heterocycles. The highest BCUT2D eigenvalue weighted by Gasteiger charge is 2.17. The van der Waals surface area contributed by atoms with Gasteiger partial charge in [0.25, 0.3) is 0 Å². The summed E-state index contributed by atoms with van der Waals surface area (Å²) in [5, 5.41) is 11.3. The van der Waals surface area contributed by atoms with Crippen LogP contribution in [0.25, 0.3) is 0 Å². The topological polar surface area (TPSA) is 96.3 Å². The van der Waals surface area contributed by atoms with Gasteiger partial charge >= 0.3 is 6.09 Å². The Morgan fingerprint density at radius 2 is 1.90 bits per heavy atom. The van der Waals surface area contributed by atoms with Crippen LogP contribution in [-0.2, 0) is 14.6 Å². The minimum absolute atomic E-state index is 0.0393. The zero-order chi connectivity index (χ0) is 15.6. The van der Waals surface area contributed by atoms with Gasteiger partial charge in [-0.3, -0.25) is 5.32 Å². The highest BCUT2D eigenvalue weighted by atomic mass is 32.2. The largest absolute Gasteiger partial charge is 0.444 e. The van der Waals surface area contributed by atoms with E-state index in [4.69, 9.17) is 10.00 Å². The van der Waals surface area contributed by atoms with E-state index in [1.165, 1.54) is 18.2 Å². The van der Waals surface area contributed by atoms with Crippen molar-refractivity contribution in [1.29, 1.82) is 5.26 Å². The second kappa shape index (κ2) is 5.51. The van der Waals surface area contributed by atoms with Crippen LogP contribution in [0.2, 0.25) is 0 Å². The van der Waals surface area contributed by atoms with E-state index in [1.54, 1.807) is 20.8 Å². The maximum atomic E-state index is 11.6. The van der Waals surface area contributed by atoms with Crippen LogP contribution < -0.4 is 5.32 Å². The normalized spacial score (nSPS) is 11.6. The zero-order valence-electron chi connectivity index (χ0n) is 11.7. The van der Waals surface area contributed by atoms with E-state index in [9.17, 15) is 13.2 Å². The Bertz CT molecular complexity index is 667. The van der Waals surface area contributed by atoms with Gasteiger partial charge in [-0.15, -0.1) is 0 Å². The molecule has 0 atom stereocenters. The van der Waals surface area contributed by atoms with Crippen LogP contribution in [0.1, 0.15) is 26.3 Å². The van der Waals surface area contributed by atoms with E-state index >= 15 is 0 Å². The fraction of sp³-hybridized carbons (Fsp3) is 0.385. The fourth-order valence-electron chi connectivity index (χ4n) is 1.37. The lowest BCUT2D eigenvalue weighted by Crippen LogP contribution is -2.27. The molecule has 1 aromatic carbocycles. The summed E-state index contributed by atoms with van der Waals surface area (Å²) in [7, 11) is -3.47. The zero-order valence-corrected chi connectivity index (χ0v) is 12.5. The highest BCUT2D eigenvalue weighted by molar-refractivity contribution is 7.90. The quantitative estimate of drug-likeness (QED) is 0.903. The summed E-state index contributed by atoms with van der Waals surface area (Å²) < 4.78 is 28.1. The van der Waals surface area contributed by atoms with Crippen LogP contribution >= 0.6 is 0 Å². The highest BCUT2D eigenvalue weighted by Crippen LogP contribution is 2.19. The molecule has 0 aliphatic rings. The van der Waals surface area contributed by atoms with E-state index in [0.717, 1.165) is 6.26 Å². The van der Waals surface area contributed by atoms with Gasteiger partial charge in [0.15, 0.2) is 9.84 Å². The molecule has 0 bridgehead atoms. The van der Waals surface area contributed by atoms with Crippen molar-refractivity contribution in [3.63, 3.8) is 0 Å². The predicted molar refractivity (Wildman–Crippen MR) is 74.1 cm³/mol. The van der Waals surface area contributed by atoms with E-state index in [2.05, 4.69) is 5.32 Å². The van der Waals surface area contributed by atoms with Crippen molar-refractivity contribution in [2.24, 2.45) is 0 Å². The Labute approximate surface area is 118 Å². The van der Waals surface area contributed by atoms with E-state index in [1.807, 2.05) is 6.07 Å². The fourth-order valence-corrected chi connectivity index (χ4v) is 2.05. The number of ether oxygens (including phenoxy) is 1. The Morgan fingerprint density at radius 1 is 1.30 bits per heavy atom. The molecule has 0 heterocycles. The number of carbonyl (C=O) groups excluding carboxylic acids is 1. The number of nitriles is 1. The minimum Gasteiger partial charge on any atom is -0.444 e. The SMILES string of the molecule is CC(C)(C)OC(=O)Nc1cc(C#N)cc(S(C)(=O)=O)c1. The Kier molecular flexibility index (Phi) is 4.40. The second-order valence-corrected chi connectivity index (χ2v) is 7.27. The number of nitrogens with one attached hydrogen (secondary N) is 1. The Morgan fingerprint density at radius 3 is 2.35 bits per heavy atom. The van der Waals surface area contributed by atoms with Crippen molar-refractivity contribution in [3.05, 3.63) is 23.8 Å². The molecular formula is C13H16N2O4S. The molecule has 0 radical (unpaired) electrons. The van der Waals surface area contributed by atoms with Crippen LogP contribution in [0, 0.1) is 11.3 Å². The molecule has 1 N–H and O–H groups in total. The average molecular weight is 296 g/mol. The summed E-state index contributed by atoms with van der Waals surface area (Å²) in [6.07, 6.45) is 0.313. The summed E-state index contributed by atoms with van der Waals surface area (Å²) in [4.78, 5) is 11.6. The summed E-state index contributed by atoms with van der Waals surface area (Å²) in [5.41, 5.74) is -0.339. The summed E-state index contributed by atoms with van der Waals surface area (Å²) in [5.74, 6) is 0. The van der Waals surface area contributed by atoms with Crippen LogP contribution in [-0.4, -0.2) is 26.4 Å². The van der Waals surface area contributed by atoms with Gasteiger partial charge in [-0.1, -0.05) is 0 Å². The maximum Gasteiger partial charge on any atom is 0.412 e. The van der Waals surface area contributed by atoms with E-state index in [-0.39, 0.29) is 16.1 Å². The van der Waals surface area contributed by atoms with Gasteiger partial charge < -0.3 is 4.74 Å². The third-order valence-electron chi connectivity index (χ3n) is 2.11. The lowest BCUT2D eigenvalue weighted by atomic mass is 10.2. The lowest BCUT2D eigenvalue weighted by molar-refractivity contribution is 0.0636. The number of anilines is 1. The molecule has 0 aliphatic heterocycles. The van der Waals surface area contributed by atoms with Crippen LogP contribution in [0.4, 0.5) is 10.5 Å². The third-order valence-corrected chi connectivity index (χ3v) is 3.20. The molecule has 0 unspecified atom stereocenters. The first-order chi connectivity index (χ1) is 9.01. The van der Waals surface area contributed by atoms with Crippen LogP contribution in [0.5, 0.6) is 0 Å². The minimum atomic E-state index is -3.47. The molecule has 0 saturated heterocycles. The van der Waals surface area contributed by atoms with Gasteiger partial charge in [0.2, 0.25) is 0 Å². The molecule has 1 aromatic rings. The number of amides is 1. The molecule has 108 valence electrons. The van der Waals surface area contributed by atoms with Gasteiger partial charge in [-0.25, -0.2) is 13.2 Å². The molecule has 1 rings (SSSR count). The number of benzene rings is 1. The monoisotopic (exact) mass is 296 g/mol. The summed E-state index contributed by atoms with van der Waals surface area (Å²) in [6.45, 7) is 5.13. The molecule has 7 heteroatoms. The molecule has 6 nitrogen and oxygen atoms in total. The van der Waals surface area contributed by atoms with Crippen molar-refractivity contribution in [3.8, 4) is 6.07 Å². The molecule has 20 heavy (non-hydrogen) atoms. The number of sulfone groups is 1.